The van der Waals surface area contributed by atoms with Gasteiger partial charge >= 0.3 is 0 Å². The van der Waals surface area contributed by atoms with E-state index >= 15 is 0 Å². The van der Waals surface area contributed by atoms with Crippen LogP contribution in [-0.4, -0.2) is 23.1 Å². The van der Waals surface area contributed by atoms with Crippen LogP contribution < -0.4 is 20.3 Å². The van der Waals surface area contributed by atoms with E-state index in [0.29, 0.717) is 32.5 Å². The van der Waals surface area contributed by atoms with Gasteiger partial charge in [-0.3, -0.25) is 9.78 Å². The molecular weight excluding hydrogens is 595 g/mol. The Labute approximate surface area is 245 Å². The summed E-state index contributed by atoms with van der Waals surface area (Å²) in [6.07, 6.45) is 1.73. The van der Waals surface area contributed by atoms with Gasteiger partial charge in [-0.15, -0.1) is 0 Å². The van der Waals surface area contributed by atoms with Crippen LogP contribution in [0.1, 0.15) is 44.3 Å². The number of hydrogen-bond acceptors (Lipinski definition) is 5. The number of amides is 1. The number of thiocarbonyl (C=S) groups is 1. The molecule has 2 aromatic carbocycles. The standard InChI is InChI=1S/C30H28BrFN4O3S/c1-30(2,3)28(37)34-21-11-9-18(16-25(21)38-4)36-27(26(35-29(36)40)22-7-5-6-14-33-22)24-13-12-23(39-24)19-10-8-17(32)15-20(19)31/h5-16,26-27H,1-4H3,(H,34,37)(H,35,40)/t26-,27-/m0/s1. The molecule has 0 saturated carbocycles. The Kier molecular flexibility index (Phi) is 7.65. The van der Waals surface area contributed by atoms with E-state index in [4.69, 9.17) is 21.4 Å². The van der Waals surface area contributed by atoms with Crippen molar-refractivity contribution in [2.45, 2.75) is 32.9 Å². The molecule has 1 amide bonds. The molecule has 1 aliphatic heterocycles. The summed E-state index contributed by atoms with van der Waals surface area (Å²) in [7, 11) is 1.56. The Morgan fingerprint density at radius 2 is 1.95 bits per heavy atom. The third-order valence-electron chi connectivity index (χ3n) is 6.61. The lowest BCUT2D eigenvalue weighted by Crippen LogP contribution is -2.30. The molecule has 1 aliphatic rings. The normalized spacial score (nSPS) is 17.1. The first-order chi connectivity index (χ1) is 19.1. The number of furan rings is 1. The van der Waals surface area contributed by atoms with Crippen LogP contribution in [0.25, 0.3) is 11.3 Å². The highest BCUT2D eigenvalue weighted by molar-refractivity contribution is 9.10. The van der Waals surface area contributed by atoms with Gasteiger partial charge in [0.1, 0.15) is 29.1 Å². The molecule has 3 heterocycles. The zero-order chi connectivity index (χ0) is 28.6. The van der Waals surface area contributed by atoms with Crippen LogP contribution in [0.15, 0.2) is 81.8 Å². The molecule has 0 bridgehead atoms. The van der Waals surface area contributed by atoms with E-state index in [-0.39, 0.29) is 17.8 Å². The van der Waals surface area contributed by atoms with E-state index < -0.39 is 11.5 Å². The second kappa shape index (κ2) is 11.0. The van der Waals surface area contributed by atoms with Crippen molar-refractivity contribution in [2.75, 3.05) is 17.3 Å². The highest BCUT2D eigenvalue weighted by Crippen LogP contribution is 2.45. The molecule has 1 fully saturated rings. The lowest BCUT2D eigenvalue weighted by molar-refractivity contribution is -0.123. The van der Waals surface area contributed by atoms with Crippen molar-refractivity contribution >= 4 is 50.5 Å². The number of rotatable bonds is 6. The van der Waals surface area contributed by atoms with Gasteiger partial charge in [0, 0.05) is 33.4 Å². The predicted molar refractivity (Wildman–Crippen MR) is 161 cm³/mol. The highest BCUT2D eigenvalue weighted by atomic mass is 79.9. The zero-order valence-electron chi connectivity index (χ0n) is 22.4. The smallest absolute Gasteiger partial charge is 0.229 e. The maximum absolute atomic E-state index is 13.7. The largest absolute Gasteiger partial charge is 0.494 e. The summed E-state index contributed by atoms with van der Waals surface area (Å²) < 4.78 is 26.4. The number of aromatic nitrogens is 1. The molecule has 7 nitrogen and oxygen atoms in total. The van der Waals surface area contributed by atoms with Crippen molar-refractivity contribution < 1.29 is 18.3 Å². The van der Waals surface area contributed by atoms with E-state index in [9.17, 15) is 9.18 Å². The fraction of sp³-hybridized carbons (Fsp3) is 0.233. The predicted octanol–water partition coefficient (Wildman–Crippen LogP) is 7.41. The van der Waals surface area contributed by atoms with Crippen LogP contribution in [-0.2, 0) is 4.79 Å². The summed E-state index contributed by atoms with van der Waals surface area (Å²) in [6, 6.07) is 18.7. The van der Waals surface area contributed by atoms with Crippen molar-refractivity contribution in [2.24, 2.45) is 5.41 Å². The summed E-state index contributed by atoms with van der Waals surface area (Å²) in [5.41, 5.74) is 2.25. The number of anilines is 2. The van der Waals surface area contributed by atoms with Gasteiger partial charge in [-0.2, -0.15) is 0 Å². The van der Waals surface area contributed by atoms with Crippen molar-refractivity contribution in [3.63, 3.8) is 0 Å². The third kappa shape index (κ3) is 5.46. The Morgan fingerprint density at radius 3 is 2.62 bits per heavy atom. The van der Waals surface area contributed by atoms with Gasteiger partial charge in [-0.25, -0.2) is 4.39 Å². The number of halogens is 2. The number of carbonyl (C=O) groups excluding carboxylic acids is 1. The molecular formula is C30H28BrFN4O3S. The van der Waals surface area contributed by atoms with Gasteiger partial charge in [-0.05, 0) is 82.7 Å². The molecule has 206 valence electrons. The Balaban J connectivity index is 1.57. The molecule has 0 spiro atoms. The lowest BCUT2D eigenvalue weighted by Gasteiger charge is -2.27. The van der Waals surface area contributed by atoms with Crippen molar-refractivity contribution in [3.8, 4) is 17.1 Å². The van der Waals surface area contributed by atoms with E-state index in [1.807, 2.05) is 68.1 Å². The zero-order valence-corrected chi connectivity index (χ0v) is 24.8. The molecule has 0 unspecified atom stereocenters. The number of hydrogen-bond donors (Lipinski definition) is 2. The molecule has 0 radical (unpaired) electrons. The number of methoxy groups -OCH3 is 1. The first-order valence-electron chi connectivity index (χ1n) is 12.6. The molecule has 0 aliphatic carbocycles. The first-order valence-corrected chi connectivity index (χ1v) is 13.8. The van der Waals surface area contributed by atoms with Gasteiger partial charge in [0.05, 0.1) is 24.5 Å². The van der Waals surface area contributed by atoms with Gasteiger partial charge in [0.25, 0.3) is 0 Å². The fourth-order valence-electron chi connectivity index (χ4n) is 4.51. The second-order valence-electron chi connectivity index (χ2n) is 10.4. The number of nitrogens with zero attached hydrogens (tertiary/aromatic N) is 2. The number of nitrogens with one attached hydrogen (secondary N) is 2. The van der Waals surface area contributed by atoms with Gasteiger partial charge in [0.15, 0.2) is 5.11 Å². The molecule has 1 saturated heterocycles. The quantitative estimate of drug-likeness (QED) is 0.217. The van der Waals surface area contributed by atoms with Crippen molar-refractivity contribution in [3.05, 3.63) is 94.7 Å². The number of pyridine rings is 1. The number of benzene rings is 2. The van der Waals surface area contributed by atoms with E-state index in [1.165, 1.54) is 12.1 Å². The minimum absolute atomic E-state index is 0.125. The molecule has 40 heavy (non-hydrogen) atoms. The minimum atomic E-state index is -0.568. The van der Waals surface area contributed by atoms with Crippen LogP contribution in [0, 0.1) is 11.2 Å². The fourth-order valence-corrected chi connectivity index (χ4v) is 5.40. The van der Waals surface area contributed by atoms with Crippen LogP contribution in [0.5, 0.6) is 5.75 Å². The molecule has 2 atom stereocenters. The van der Waals surface area contributed by atoms with Crippen LogP contribution in [0.2, 0.25) is 0 Å². The van der Waals surface area contributed by atoms with Crippen LogP contribution in [0.3, 0.4) is 0 Å². The topological polar surface area (TPSA) is 79.6 Å². The third-order valence-corrected chi connectivity index (χ3v) is 7.58. The van der Waals surface area contributed by atoms with Gasteiger partial charge < -0.3 is 24.7 Å². The van der Waals surface area contributed by atoms with Crippen LogP contribution >= 0.6 is 28.1 Å². The first kappa shape index (κ1) is 27.8. The maximum atomic E-state index is 13.7. The summed E-state index contributed by atoms with van der Waals surface area (Å²) >= 11 is 9.27. The number of carbonyl (C=O) groups is 1. The Hall–Kier alpha value is -3.76. The van der Waals surface area contributed by atoms with Crippen LogP contribution in [0.4, 0.5) is 15.8 Å². The van der Waals surface area contributed by atoms with Gasteiger partial charge in [0.2, 0.25) is 5.91 Å². The Bertz CT molecular complexity index is 1570. The van der Waals surface area contributed by atoms with E-state index in [1.54, 1.807) is 25.4 Å². The summed E-state index contributed by atoms with van der Waals surface area (Å²) in [5.74, 6) is 1.24. The van der Waals surface area contributed by atoms with Crippen molar-refractivity contribution in [1.82, 2.24) is 10.3 Å². The number of ether oxygens (including phenoxy) is 1. The van der Waals surface area contributed by atoms with Crippen molar-refractivity contribution in [1.29, 1.82) is 0 Å². The SMILES string of the molecule is COc1cc(N2C(=S)N[C@@H](c3ccccn3)[C@@H]2c2ccc(-c3ccc(F)cc3Br)o2)ccc1NC(=O)C(C)(C)C. The Morgan fingerprint density at radius 1 is 1.15 bits per heavy atom. The second-order valence-corrected chi connectivity index (χ2v) is 11.7. The monoisotopic (exact) mass is 622 g/mol. The molecule has 5 rings (SSSR count). The summed E-state index contributed by atoms with van der Waals surface area (Å²) in [6.45, 7) is 5.55. The summed E-state index contributed by atoms with van der Waals surface area (Å²) in [5, 5.41) is 6.83. The summed E-state index contributed by atoms with van der Waals surface area (Å²) in [4.78, 5) is 19.2. The highest BCUT2D eigenvalue weighted by Gasteiger charge is 2.43. The maximum Gasteiger partial charge on any atom is 0.229 e. The molecule has 10 heteroatoms. The van der Waals surface area contributed by atoms with E-state index in [0.717, 1.165) is 16.9 Å². The molecule has 4 aromatic rings. The average molecular weight is 624 g/mol. The minimum Gasteiger partial charge on any atom is -0.494 e. The van der Waals surface area contributed by atoms with Gasteiger partial charge in [-0.1, -0.05) is 26.8 Å². The average Bonchev–Trinajstić information content (AvgIpc) is 3.53. The van der Waals surface area contributed by atoms with E-state index in [2.05, 4.69) is 31.5 Å². The molecule has 2 N–H and O–H groups in total. The molecule has 2 aromatic heterocycles. The lowest BCUT2D eigenvalue weighted by atomic mass is 9.95.